The van der Waals surface area contributed by atoms with E-state index in [1.807, 2.05) is 31.3 Å². The molecule has 0 saturated heterocycles. The zero-order chi connectivity index (χ0) is 10.5. The maximum absolute atomic E-state index is 5.35. The van der Waals surface area contributed by atoms with E-state index in [0.29, 0.717) is 12.6 Å². The summed E-state index contributed by atoms with van der Waals surface area (Å²) in [6.07, 6.45) is 0. The van der Waals surface area contributed by atoms with Gasteiger partial charge in [-0.1, -0.05) is 0 Å². The van der Waals surface area contributed by atoms with Gasteiger partial charge >= 0.3 is 0 Å². The number of hydrogen-bond donors (Lipinski definition) is 2. The Balaban J connectivity index is 2.11. The lowest BCUT2D eigenvalue weighted by Gasteiger charge is -2.04. The standard InChI is InChI=1S/C9H11N5O/c1-10-6-15-8-4-2-7(3-5-8)9-11-13-14-12-9/h2-5,10H,6H2,1H3,(H,11,12,13,14). The molecular weight excluding hydrogens is 194 g/mol. The highest BCUT2D eigenvalue weighted by Gasteiger charge is 2.01. The number of hydrogen-bond acceptors (Lipinski definition) is 5. The summed E-state index contributed by atoms with van der Waals surface area (Å²) < 4.78 is 5.35. The molecule has 0 aliphatic rings. The number of aromatic nitrogens is 4. The van der Waals surface area contributed by atoms with Gasteiger partial charge in [0.1, 0.15) is 12.5 Å². The van der Waals surface area contributed by atoms with E-state index in [9.17, 15) is 0 Å². The lowest BCUT2D eigenvalue weighted by molar-refractivity contribution is 0.296. The fraction of sp³-hybridized carbons (Fsp3) is 0.222. The topological polar surface area (TPSA) is 75.7 Å². The average molecular weight is 205 g/mol. The molecule has 1 heterocycles. The van der Waals surface area contributed by atoms with Crippen LogP contribution in [-0.4, -0.2) is 34.4 Å². The van der Waals surface area contributed by atoms with Crippen LogP contribution >= 0.6 is 0 Å². The van der Waals surface area contributed by atoms with E-state index in [0.717, 1.165) is 11.3 Å². The van der Waals surface area contributed by atoms with Crippen molar-refractivity contribution in [1.82, 2.24) is 25.9 Å². The second kappa shape index (κ2) is 4.52. The predicted molar refractivity (Wildman–Crippen MR) is 54.2 cm³/mol. The molecule has 2 aromatic rings. The Morgan fingerprint density at radius 2 is 2.13 bits per heavy atom. The molecule has 78 valence electrons. The molecule has 0 saturated carbocycles. The summed E-state index contributed by atoms with van der Waals surface area (Å²) in [5, 5.41) is 16.6. The number of H-pyrrole nitrogens is 1. The molecule has 0 bridgehead atoms. The Morgan fingerprint density at radius 1 is 1.33 bits per heavy atom. The van der Waals surface area contributed by atoms with E-state index < -0.39 is 0 Å². The third-order valence-corrected chi connectivity index (χ3v) is 1.84. The molecule has 0 amide bonds. The maximum Gasteiger partial charge on any atom is 0.204 e. The van der Waals surface area contributed by atoms with Crippen molar-refractivity contribution < 1.29 is 4.74 Å². The first kappa shape index (κ1) is 9.60. The molecule has 6 heteroatoms. The second-order valence-electron chi connectivity index (χ2n) is 2.90. The van der Waals surface area contributed by atoms with Gasteiger partial charge in [0.15, 0.2) is 0 Å². The minimum Gasteiger partial charge on any atom is -0.478 e. The summed E-state index contributed by atoms with van der Waals surface area (Å²) >= 11 is 0. The molecule has 2 rings (SSSR count). The molecule has 2 N–H and O–H groups in total. The van der Waals surface area contributed by atoms with E-state index in [2.05, 4.69) is 25.9 Å². The molecule has 1 aromatic heterocycles. The van der Waals surface area contributed by atoms with Crippen LogP contribution in [-0.2, 0) is 0 Å². The van der Waals surface area contributed by atoms with Gasteiger partial charge in [0.25, 0.3) is 0 Å². The number of nitrogens with zero attached hydrogens (tertiary/aromatic N) is 3. The molecule has 0 atom stereocenters. The summed E-state index contributed by atoms with van der Waals surface area (Å²) in [6, 6.07) is 7.50. The first-order chi connectivity index (χ1) is 7.40. The van der Waals surface area contributed by atoms with E-state index in [-0.39, 0.29) is 0 Å². The summed E-state index contributed by atoms with van der Waals surface area (Å²) in [7, 11) is 1.83. The number of aromatic amines is 1. The lowest BCUT2D eigenvalue weighted by Crippen LogP contribution is -2.13. The second-order valence-corrected chi connectivity index (χ2v) is 2.90. The first-order valence-electron chi connectivity index (χ1n) is 4.51. The van der Waals surface area contributed by atoms with E-state index in [1.54, 1.807) is 0 Å². The van der Waals surface area contributed by atoms with Crippen LogP contribution < -0.4 is 10.1 Å². The number of nitrogens with one attached hydrogen (secondary N) is 2. The van der Waals surface area contributed by atoms with Crippen LogP contribution in [0.3, 0.4) is 0 Å². The van der Waals surface area contributed by atoms with Crippen molar-refractivity contribution >= 4 is 0 Å². The smallest absolute Gasteiger partial charge is 0.204 e. The van der Waals surface area contributed by atoms with Gasteiger partial charge in [-0.3, -0.25) is 5.32 Å². The highest BCUT2D eigenvalue weighted by Crippen LogP contribution is 2.17. The minimum atomic E-state index is 0.488. The van der Waals surface area contributed by atoms with Crippen molar-refractivity contribution in [2.75, 3.05) is 13.8 Å². The normalized spacial score (nSPS) is 10.2. The Labute approximate surface area is 86.7 Å². The van der Waals surface area contributed by atoms with Gasteiger partial charge in [-0.25, -0.2) is 0 Å². The van der Waals surface area contributed by atoms with Crippen LogP contribution in [0.1, 0.15) is 0 Å². The molecule has 0 aliphatic heterocycles. The van der Waals surface area contributed by atoms with Crippen molar-refractivity contribution in [2.45, 2.75) is 0 Å². The largest absolute Gasteiger partial charge is 0.478 e. The number of benzene rings is 1. The summed E-state index contributed by atoms with van der Waals surface area (Å²) in [6.45, 7) is 0.488. The third-order valence-electron chi connectivity index (χ3n) is 1.84. The molecule has 0 unspecified atom stereocenters. The minimum absolute atomic E-state index is 0.488. The summed E-state index contributed by atoms with van der Waals surface area (Å²) in [4.78, 5) is 0. The van der Waals surface area contributed by atoms with Crippen molar-refractivity contribution in [1.29, 1.82) is 0 Å². The molecule has 0 fully saturated rings. The molecule has 0 spiro atoms. The first-order valence-corrected chi connectivity index (χ1v) is 4.51. The highest BCUT2D eigenvalue weighted by molar-refractivity contribution is 5.54. The lowest BCUT2D eigenvalue weighted by atomic mass is 10.2. The number of tetrazole rings is 1. The van der Waals surface area contributed by atoms with E-state index in [4.69, 9.17) is 4.74 Å². The van der Waals surface area contributed by atoms with Gasteiger partial charge in [0.2, 0.25) is 5.82 Å². The van der Waals surface area contributed by atoms with Crippen molar-refractivity contribution in [3.05, 3.63) is 24.3 Å². The predicted octanol–water partition coefficient (Wildman–Crippen LogP) is 0.422. The van der Waals surface area contributed by atoms with Crippen LogP contribution in [0.5, 0.6) is 5.75 Å². The molecule has 15 heavy (non-hydrogen) atoms. The SMILES string of the molecule is CNCOc1ccc(-c2nn[nH]n2)cc1. The van der Waals surface area contributed by atoms with E-state index >= 15 is 0 Å². The zero-order valence-corrected chi connectivity index (χ0v) is 8.27. The van der Waals surface area contributed by atoms with Crippen LogP contribution in [0.4, 0.5) is 0 Å². The molecular formula is C9H11N5O. The molecule has 1 aromatic carbocycles. The Morgan fingerprint density at radius 3 is 2.73 bits per heavy atom. The molecule has 0 radical (unpaired) electrons. The number of ether oxygens (including phenoxy) is 1. The fourth-order valence-electron chi connectivity index (χ4n) is 1.14. The van der Waals surface area contributed by atoms with Gasteiger partial charge in [-0.05, 0) is 36.5 Å². The maximum atomic E-state index is 5.35. The zero-order valence-electron chi connectivity index (χ0n) is 8.27. The quantitative estimate of drug-likeness (QED) is 0.707. The Bertz CT molecular complexity index is 397. The molecule has 6 nitrogen and oxygen atoms in total. The van der Waals surface area contributed by atoms with Crippen molar-refractivity contribution in [2.24, 2.45) is 0 Å². The van der Waals surface area contributed by atoms with Crippen molar-refractivity contribution in [3.8, 4) is 17.1 Å². The van der Waals surface area contributed by atoms with Crippen molar-refractivity contribution in [3.63, 3.8) is 0 Å². The fourth-order valence-corrected chi connectivity index (χ4v) is 1.14. The third kappa shape index (κ3) is 2.29. The molecule has 0 aliphatic carbocycles. The van der Waals surface area contributed by atoms with Gasteiger partial charge in [-0.2, -0.15) is 5.21 Å². The average Bonchev–Trinajstić information content (AvgIpc) is 2.80. The van der Waals surface area contributed by atoms with Gasteiger partial charge in [0, 0.05) is 5.56 Å². The Kier molecular flexibility index (Phi) is 2.89. The van der Waals surface area contributed by atoms with Crippen LogP contribution in [0, 0.1) is 0 Å². The highest BCUT2D eigenvalue weighted by atomic mass is 16.5. The van der Waals surface area contributed by atoms with Crippen LogP contribution in [0.15, 0.2) is 24.3 Å². The van der Waals surface area contributed by atoms with Gasteiger partial charge in [-0.15, -0.1) is 10.2 Å². The number of rotatable bonds is 4. The Hall–Kier alpha value is -1.95. The summed E-state index contributed by atoms with van der Waals surface area (Å²) in [5.41, 5.74) is 0.903. The van der Waals surface area contributed by atoms with Crippen LogP contribution in [0.2, 0.25) is 0 Å². The summed E-state index contributed by atoms with van der Waals surface area (Å²) in [5.74, 6) is 1.38. The monoisotopic (exact) mass is 205 g/mol. The van der Waals surface area contributed by atoms with Gasteiger partial charge in [0.05, 0.1) is 0 Å². The van der Waals surface area contributed by atoms with E-state index in [1.165, 1.54) is 0 Å². The van der Waals surface area contributed by atoms with Crippen LogP contribution in [0.25, 0.3) is 11.4 Å². The van der Waals surface area contributed by atoms with Gasteiger partial charge < -0.3 is 4.74 Å².